The molecule has 0 atom stereocenters. The zero-order chi connectivity index (χ0) is 13.8. The van der Waals surface area contributed by atoms with E-state index in [4.69, 9.17) is 9.15 Å². The summed E-state index contributed by atoms with van der Waals surface area (Å²) in [7, 11) is 0. The Morgan fingerprint density at radius 2 is 1.80 bits per heavy atom. The highest BCUT2D eigenvalue weighted by molar-refractivity contribution is 5.57. The molecule has 0 radical (unpaired) electrons. The first-order valence-electron chi connectivity index (χ1n) is 6.72. The predicted molar refractivity (Wildman–Crippen MR) is 73.3 cm³/mol. The van der Waals surface area contributed by atoms with Crippen molar-refractivity contribution < 1.29 is 13.5 Å². The van der Waals surface area contributed by atoms with Crippen molar-refractivity contribution in [1.29, 1.82) is 0 Å². The number of rotatable bonds is 4. The summed E-state index contributed by atoms with van der Waals surface area (Å²) in [4.78, 5) is 0. The van der Waals surface area contributed by atoms with Crippen molar-refractivity contribution in [3.63, 3.8) is 0 Å². The van der Waals surface area contributed by atoms with Gasteiger partial charge >= 0.3 is 0 Å². The Bertz CT molecular complexity index is 547. The van der Waals surface area contributed by atoms with Crippen molar-refractivity contribution in [2.45, 2.75) is 6.54 Å². The lowest BCUT2D eigenvalue weighted by Gasteiger charge is -2.26. The fourth-order valence-electron chi connectivity index (χ4n) is 2.15. The van der Waals surface area contributed by atoms with E-state index in [0.29, 0.717) is 6.54 Å². The van der Waals surface area contributed by atoms with E-state index in [9.17, 15) is 4.39 Å². The van der Waals surface area contributed by atoms with Crippen LogP contribution in [-0.4, -0.2) is 31.3 Å². The van der Waals surface area contributed by atoms with E-state index in [-0.39, 0.29) is 5.82 Å². The van der Waals surface area contributed by atoms with Crippen LogP contribution >= 0.6 is 0 Å². The molecule has 1 aliphatic heterocycles. The third kappa shape index (κ3) is 3.25. The average molecular weight is 276 g/mol. The molecule has 5 heteroatoms. The molecule has 2 aromatic rings. The summed E-state index contributed by atoms with van der Waals surface area (Å²) in [5.41, 5.74) is 4.19. The van der Waals surface area contributed by atoms with Gasteiger partial charge in [-0.15, -0.1) is 0 Å². The van der Waals surface area contributed by atoms with Crippen molar-refractivity contribution >= 4 is 0 Å². The average Bonchev–Trinajstić information content (AvgIpc) is 2.96. The molecule has 0 unspecified atom stereocenters. The molecule has 0 amide bonds. The van der Waals surface area contributed by atoms with Crippen molar-refractivity contribution in [3.05, 3.63) is 48.0 Å². The van der Waals surface area contributed by atoms with E-state index in [2.05, 4.69) is 10.4 Å². The van der Waals surface area contributed by atoms with Crippen LogP contribution in [-0.2, 0) is 11.3 Å². The molecule has 3 rings (SSSR count). The number of hydrogen-bond acceptors (Lipinski definition) is 4. The molecule has 0 aliphatic carbocycles. The quantitative estimate of drug-likeness (QED) is 0.930. The molecular formula is C15H17FN2O2. The third-order valence-electron chi connectivity index (χ3n) is 3.28. The molecule has 0 spiro atoms. The Balaban J connectivity index is 1.60. The van der Waals surface area contributed by atoms with E-state index < -0.39 is 0 Å². The van der Waals surface area contributed by atoms with Crippen LogP contribution in [0.2, 0.25) is 0 Å². The topological polar surface area (TPSA) is 37.6 Å². The number of hydrazine groups is 1. The van der Waals surface area contributed by atoms with Gasteiger partial charge < -0.3 is 9.15 Å². The highest BCUT2D eigenvalue weighted by atomic mass is 19.1. The Labute approximate surface area is 117 Å². The maximum Gasteiger partial charge on any atom is 0.134 e. The van der Waals surface area contributed by atoms with Gasteiger partial charge in [0.2, 0.25) is 0 Å². The Morgan fingerprint density at radius 1 is 1.05 bits per heavy atom. The Hall–Kier alpha value is -1.69. The molecule has 20 heavy (non-hydrogen) atoms. The summed E-state index contributed by atoms with van der Waals surface area (Å²) in [5.74, 6) is 1.37. The van der Waals surface area contributed by atoms with Crippen molar-refractivity contribution in [1.82, 2.24) is 10.4 Å². The predicted octanol–water partition coefficient (Wildman–Crippen LogP) is 2.42. The fourth-order valence-corrected chi connectivity index (χ4v) is 2.15. The van der Waals surface area contributed by atoms with Crippen LogP contribution in [0.1, 0.15) is 5.76 Å². The van der Waals surface area contributed by atoms with Gasteiger partial charge in [0.15, 0.2) is 0 Å². The smallest absolute Gasteiger partial charge is 0.134 e. The highest BCUT2D eigenvalue weighted by Crippen LogP contribution is 2.22. The molecule has 1 aliphatic rings. The largest absolute Gasteiger partial charge is 0.460 e. The van der Waals surface area contributed by atoms with Gasteiger partial charge in [-0.3, -0.25) is 0 Å². The summed E-state index contributed by atoms with van der Waals surface area (Å²) in [6, 6.07) is 10.1. The van der Waals surface area contributed by atoms with Crippen LogP contribution in [0, 0.1) is 5.82 Å². The number of morpholine rings is 1. The molecule has 0 saturated carbocycles. The van der Waals surface area contributed by atoms with Gasteiger partial charge in [-0.2, -0.15) is 0 Å². The van der Waals surface area contributed by atoms with Gasteiger partial charge in [0.05, 0.1) is 19.8 Å². The first kappa shape index (κ1) is 13.3. The zero-order valence-corrected chi connectivity index (χ0v) is 11.1. The molecule has 1 aromatic heterocycles. The van der Waals surface area contributed by atoms with Crippen LogP contribution in [0.5, 0.6) is 0 Å². The molecular weight excluding hydrogens is 259 g/mol. The summed E-state index contributed by atoms with van der Waals surface area (Å²) in [6.07, 6.45) is 0. The second-order valence-electron chi connectivity index (χ2n) is 4.71. The van der Waals surface area contributed by atoms with Crippen molar-refractivity contribution in [3.8, 4) is 11.3 Å². The lowest BCUT2D eigenvalue weighted by atomic mass is 10.2. The summed E-state index contributed by atoms with van der Waals surface area (Å²) < 4.78 is 23.9. The number of halogens is 1. The third-order valence-corrected chi connectivity index (χ3v) is 3.28. The molecule has 0 bridgehead atoms. The normalized spacial score (nSPS) is 16.4. The van der Waals surface area contributed by atoms with Crippen LogP contribution in [0.25, 0.3) is 11.3 Å². The van der Waals surface area contributed by atoms with Crippen LogP contribution in [0.3, 0.4) is 0 Å². The molecule has 106 valence electrons. The second kappa shape index (κ2) is 6.17. The minimum absolute atomic E-state index is 0.241. The molecule has 1 fully saturated rings. The maximum atomic E-state index is 12.9. The first-order valence-corrected chi connectivity index (χ1v) is 6.72. The molecule has 4 nitrogen and oxygen atoms in total. The number of furan rings is 1. The molecule has 1 N–H and O–H groups in total. The number of nitrogens with one attached hydrogen (secondary N) is 1. The van der Waals surface area contributed by atoms with E-state index in [1.54, 1.807) is 12.1 Å². The van der Waals surface area contributed by atoms with E-state index >= 15 is 0 Å². The summed E-state index contributed by atoms with van der Waals surface area (Å²) in [6.45, 7) is 3.91. The second-order valence-corrected chi connectivity index (χ2v) is 4.71. The van der Waals surface area contributed by atoms with Gasteiger partial charge in [-0.1, -0.05) is 0 Å². The van der Waals surface area contributed by atoms with Crippen LogP contribution < -0.4 is 5.43 Å². The van der Waals surface area contributed by atoms with Gasteiger partial charge in [-0.05, 0) is 36.4 Å². The van der Waals surface area contributed by atoms with E-state index in [1.807, 2.05) is 12.1 Å². The van der Waals surface area contributed by atoms with Gasteiger partial charge in [-0.25, -0.2) is 14.8 Å². The molecule has 1 aromatic carbocycles. The fraction of sp³-hybridized carbons (Fsp3) is 0.333. The monoisotopic (exact) mass is 276 g/mol. The first-order chi connectivity index (χ1) is 9.81. The minimum atomic E-state index is -0.241. The summed E-state index contributed by atoms with van der Waals surface area (Å²) in [5, 5.41) is 2.13. The molecule has 1 saturated heterocycles. The number of benzene rings is 1. The van der Waals surface area contributed by atoms with E-state index in [0.717, 1.165) is 43.4 Å². The highest BCUT2D eigenvalue weighted by Gasteiger charge is 2.11. The number of nitrogens with zero attached hydrogens (tertiary/aromatic N) is 1. The lowest BCUT2D eigenvalue weighted by Crippen LogP contribution is -2.45. The summed E-state index contributed by atoms with van der Waals surface area (Å²) >= 11 is 0. The minimum Gasteiger partial charge on any atom is -0.460 e. The SMILES string of the molecule is Fc1ccc(-c2ccc(CNN3CCOCC3)o2)cc1. The maximum absolute atomic E-state index is 12.9. The number of hydrogen-bond donors (Lipinski definition) is 1. The van der Waals surface area contributed by atoms with Crippen molar-refractivity contribution in [2.24, 2.45) is 0 Å². The lowest BCUT2D eigenvalue weighted by molar-refractivity contribution is 0.00948. The Kier molecular flexibility index (Phi) is 4.11. The Morgan fingerprint density at radius 3 is 2.55 bits per heavy atom. The van der Waals surface area contributed by atoms with Gasteiger partial charge in [0.1, 0.15) is 17.3 Å². The van der Waals surface area contributed by atoms with E-state index in [1.165, 1.54) is 12.1 Å². The van der Waals surface area contributed by atoms with Crippen LogP contribution in [0.4, 0.5) is 4.39 Å². The van der Waals surface area contributed by atoms with Crippen molar-refractivity contribution in [2.75, 3.05) is 26.3 Å². The van der Waals surface area contributed by atoms with Gasteiger partial charge in [0.25, 0.3) is 0 Å². The van der Waals surface area contributed by atoms with Crippen LogP contribution in [0.15, 0.2) is 40.8 Å². The van der Waals surface area contributed by atoms with Gasteiger partial charge in [0, 0.05) is 18.7 Å². The standard InChI is InChI=1S/C15H17FN2O2/c16-13-3-1-12(2-4-13)15-6-5-14(20-15)11-17-18-7-9-19-10-8-18/h1-6,17H,7-11H2. The number of ether oxygens (including phenoxy) is 1. The molecule has 2 heterocycles. The zero-order valence-electron chi connectivity index (χ0n) is 11.1.